The number of hydrogen-bond acceptors (Lipinski definition) is 3. The summed E-state index contributed by atoms with van der Waals surface area (Å²) in [6.45, 7) is 6.34. The molecule has 2 aromatic heterocycles. The smallest absolute Gasteiger partial charge is 0.161 e. The second-order valence-electron chi connectivity index (χ2n) is 4.77. The quantitative estimate of drug-likeness (QED) is 0.774. The van der Waals surface area contributed by atoms with E-state index in [1.165, 1.54) is 0 Å². The van der Waals surface area contributed by atoms with Crippen molar-refractivity contribution in [1.82, 2.24) is 14.5 Å². The normalized spacial score (nSPS) is 12.0. The van der Waals surface area contributed by atoms with E-state index in [4.69, 9.17) is 0 Å². The third-order valence-electron chi connectivity index (χ3n) is 2.06. The van der Waals surface area contributed by atoms with Crippen LogP contribution in [0.2, 0.25) is 0 Å². The van der Waals surface area contributed by atoms with E-state index >= 15 is 0 Å². The molecule has 1 N–H and O–H groups in total. The second kappa shape index (κ2) is 3.22. The SMILES string of the molecule is Cn1cnc2ccc(NC(C)(C)C)nc21. The van der Waals surface area contributed by atoms with Crippen LogP contribution in [0.1, 0.15) is 20.8 Å². The molecule has 4 heteroatoms. The van der Waals surface area contributed by atoms with Crippen molar-refractivity contribution in [1.29, 1.82) is 0 Å². The first kappa shape index (κ1) is 9.96. The Kier molecular flexibility index (Phi) is 2.14. The lowest BCUT2D eigenvalue weighted by atomic mass is 10.1. The highest BCUT2D eigenvalue weighted by Gasteiger charge is 2.11. The monoisotopic (exact) mass is 204 g/mol. The van der Waals surface area contributed by atoms with E-state index in [1.807, 2.05) is 23.7 Å². The summed E-state index contributed by atoms with van der Waals surface area (Å²) in [6, 6.07) is 3.94. The van der Waals surface area contributed by atoms with Gasteiger partial charge in [0.1, 0.15) is 11.3 Å². The maximum atomic E-state index is 4.51. The highest BCUT2D eigenvalue weighted by molar-refractivity contribution is 5.73. The lowest BCUT2D eigenvalue weighted by Crippen LogP contribution is -2.26. The van der Waals surface area contributed by atoms with Crippen molar-refractivity contribution in [2.24, 2.45) is 7.05 Å². The highest BCUT2D eigenvalue weighted by Crippen LogP contribution is 2.16. The maximum Gasteiger partial charge on any atom is 0.161 e. The number of hydrogen-bond donors (Lipinski definition) is 1. The molecule has 0 aliphatic heterocycles. The number of anilines is 1. The van der Waals surface area contributed by atoms with Crippen LogP contribution < -0.4 is 5.32 Å². The van der Waals surface area contributed by atoms with Gasteiger partial charge in [-0.25, -0.2) is 9.97 Å². The average molecular weight is 204 g/mol. The van der Waals surface area contributed by atoms with Crippen LogP contribution >= 0.6 is 0 Å². The zero-order valence-corrected chi connectivity index (χ0v) is 9.57. The Balaban J connectivity index is 2.42. The molecule has 2 heterocycles. The van der Waals surface area contributed by atoms with Crippen LogP contribution in [-0.4, -0.2) is 20.1 Å². The summed E-state index contributed by atoms with van der Waals surface area (Å²) in [7, 11) is 1.95. The largest absolute Gasteiger partial charge is 0.365 e. The number of aryl methyl sites for hydroxylation is 1. The molecule has 0 aromatic carbocycles. The molecule has 80 valence electrons. The standard InChI is InChI=1S/C11H16N4/c1-11(2,3)14-9-6-5-8-10(13-9)15(4)7-12-8/h5-7H,1-4H3,(H,13,14). The third kappa shape index (κ3) is 2.09. The van der Waals surface area contributed by atoms with E-state index < -0.39 is 0 Å². The molecule has 4 nitrogen and oxygen atoms in total. The molecule has 0 saturated carbocycles. The van der Waals surface area contributed by atoms with Gasteiger partial charge in [-0.3, -0.25) is 0 Å². The molecular weight excluding hydrogens is 188 g/mol. The number of imidazole rings is 1. The molecular formula is C11H16N4. The van der Waals surface area contributed by atoms with Crippen LogP contribution in [0.5, 0.6) is 0 Å². The predicted molar refractivity (Wildman–Crippen MR) is 61.9 cm³/mol. The molecule has 0 spiro atoms. The summed E-state index contributed by atoms with van der Waals surface area (Å²) in [5, 5.41) is 3.34. The van der Waals surface area contributed by atoms with Crippen molar-refractivity contribution >= 4 is 17.0 Å². The lowest BCUT2D eigenvalue weighted by Gasteiger charge is -2.21. The molecule has 0 fully saturated rings. The molecule has 0 aliphatic carbocycles. The molecule has 0 radical (unpaired) electrons. The molecule has 0 unspecified atom stereocenters. The number of rotatable bonds is 1. The Hall–Kier alpha value is -1.58. The van der Waals surface area contributed by atoms with Gasteiger partial charge in [0, 0.05) is 12.6 Å². The van der Waals surface area contributed by atoms with Crippen molar-refractivity contribution in [3.05, 3.63) is 18.5 Å². The van der Waals surface area contributed by atoms with Crippen molar-refractivity contribution < 1.29 is 0 Å². The highest BCUT2D eigenvalue weighted by atomic mass is 15.1. The van der Waals surface area contributed by atoms with Gasteiger partial charge >= 0.3 is 0 Å². The predicted octanol–water partition coefficient (Wildman–Crippen LogP) is 2.18. The molecule has 0 bridgehead atoms. The Morgan fingerprint density at radius 3 is 2.67 bits per heavy atom. The van der Waals surface area contributed by atoms with Crippen molar-refractivity contribution in [3.8, 4) is 0 Å². The first-order valence-corrected chi connectivity index (χ1v) is 5.02. The number of nitrogens with zero attached hydrogens (tertiary/aromatic N) is 3. The molecule has 0 aliphatic rings. The lowest BCUT2D eigenvalue weighted by molar-refractivity contribution is 0.630. The zero-order chi connectivity index (χ0) is 11.1. The average Bonchev–Trinajstić information content (AvgIpc) is 2.45. The Morgan fingerprint density at radius 2 is 2.00 bits per heavy atom. The van der Waals surface area contributed by atoms with Crippen molar-refractivity contribution in [2.45, 2.75) is 26.3 Å². The summed E-state index contributed by atoms with van der Waals surface area (Å²) in [4.78, 5) is 8.74. The fourth-order valence-corrected chi connectivity index (χ4v) is 1.46. The van der Waals surface area contributed by atoms with E-state index in [9.17, 15) is 0 Å². The minimum Gasteiger partial charge on any atom is -0.365 e. The van der Waals surface area contributed by atoms with E-state index in [1.54, 1.807) is 6.33 Å². The third-order valence-corrected chi connectivity index (χ3v) is 2.06. The zero-order valence-electron chi connectivity index (χ0n) is 9.57. The van der Waals surface area contributed by atoms with Gasteiger partial charge in [0.05, 0.1) is 6.33 Å². The number of aromatic nitrogens is 3. The Labute approximate surface area is 89.3 Å². The maximum absolute atomic E-state index is 4.51. The van der Waals surface area contributed by atoms with Gasteiger partial charge in [0.15, 0.2) is 5.65 Å². The second-order valence-corrected chi connectivity index (χ2v) is 4.77. The summed E-state index contributed by atoms with van der Waals surface area (Å²) in [6.07, 6.45) is 1.78. The Bertz CT molecular complexity index is 479. The van der Waals surface area contributed by atoms with Gasteiger partial charge < -0.3 is 9.88 Å². The summed E-state index contributed by atoms with van der Waals surface area (Å²) in [5.41, 5.74) is 1.86. The number of nitrogens with one attached hydrogen (secondary N) is 1. The van der Waals surface area contributed by atoms with Gasteiger partial charge in [-0.2, -0.15) is 0 Å². The van der Waals surface area contributed by atoms with E-state index in [2.05, 4.69) is 36.1 Å². The first-order chi connectivity index (χ1) is 6.96. The van der Waals surface area contributed by atoms with Crippen LogP contribution in [0.15, 0.2) is 18.5 Å². The molecule has 0 saturated heterocycles. The molecule has 2 rings (SSSR count). The summed E-state index contributed by atoms with van der Waals surface area (Å²) >= 11 is 0. The first-order valence-electron chi connectivity index (χ1n) is 5.02. The van der Waals surface area contributed by atoms with Crippen molar-refractivity contribution in [3.63, 3.8) is 0 Å². The van der Waals surface area contributed by atoms with E-state index in [0.29, 0.717) is 0 Å². The van der Waals surface area contributed by atoms with Crippen LogP contribution in [-0.2, 0) is 7.05 Å². The van der Waals surface area contributed by atoms with Gasteiger partial charge in [-0.15, -0.1) is 0 Å². The molecule has 0 amide bonds. The van der Waals surface area contributed by atoms with Crippen LogP contribution in [0, 0.1) is 0 Å². The fourth-order valence-electron chi connectivity index (χ4n) is 1.46. The number of pyridine rings is 1. The van der Waals surface area contributed by atoms with Gasteiger partial charge in [-0.1, -0.05) is 0 Å². The van der Waals surface area contributed by atoms with E-state index in [0.717, 1.165) is 17.0 Å². The van der Waals surface area contributed by atoms with Crippen molar-refractivity contribution in [2.75, 3.05) is 5.32 Å². The molecule has 2 aromatic rings. The Morgan fingerprint density at radius 1 is 1.27 bits per heavy atom. The minimum absolute atomic E-state index is 0.0271. The molecule has 15 heavy (non-hydrogen) atoms. The van der Waals surface area contributed by atoms with Gasteiger partial charge in [0.25, 0.3) is 0 Å². The number of fused-ring (bicyclic) bond motifs is 1. The summed E-state index contributed by atoms with van der Waals surface area (Å²) < 4.78 is 1.92. The van der Waals surface area contributed by atoms with E-state index in [-0.39, 0.29) is 5.54 Å². The molecule has 0 atom stereocenters. The van der Waals surface area contributed by atoms with Crippen LogP contribution in [0.25, 0.3) is 11.2 Å². The van der Waals surface area contributed by atoms with Crippen LogP contribution in [0.4, 0.5) is 5.82 Å². The van der Waals surface area contributed by atoms with Crippen LogP contribution in [0.3, 0.4) is 0 Å². The summed E-state index contributed by atoms with van der Waals surface area (Å²) in [5.74, 6) is 0.888. The van der Waals surface area contributed by atoms with Gasteiger partial charge in [-0.05, 0) is 32.9 Å². The van der Waals surface area contributed by atoms with Gasteiger partial charge in [0.2, 0.25) is 0 Å². The minimum atomic E-state index is 0.0271. The topological polar surface area (TPSA) is 42.7 Å². The fraction of sp³-hybridized carbons (Fsp3) is 0.455.